The molecule has 0 atom stereocenters. The Kier molecular flexibility index (Phi) is 3.36. The Hall–Kier alpha value is -3.12. The Morgan fingerprint density at radius 3 is 2.52 bits per heavy atom. The molecule has 0 aliphatic rings. The maximum atomic E-state index is 9.62. The first kappa shape index (κ1) is 15.4. The average molecular weight is 327 g/mol. The lowest BCUT2D eigenvalue weighted by molar-refractivity contribution is -0.660. The Balaban J connectivity index is 2.24. The third kappa shape index (κ3) is 2.15. The van der Waals surface area contributed by atoms with E-state index in [1.54, 1.807) is 0 Å². The molecule has 0 spiro atoms. The molecule has 3 nitrogen and oxygen atoms in total. The highest BCUT2D eigenvalue weighted by Crippen LogP contribution is 2.39. The van der Waals surface area contributed by atoms with Gasteiger partial charge < -0.3 is 4.42 Å². The first-order chi connectivity index (χ1) is 12.0. The molecule has 0 amide bonds. The third-order valence-corrected chi connectivity index (χ3v) is 5.06. The first-order valence-corrected chi connectivity index (χ1v) is 8.34. The largest absolute Gasteiger partial charge is 0.455 e. The molecule has 0 fully saturated rings. The molecule has 3 heteroatoms. The molecule has 2 heterocycles. The number of hydrogen-bond acceptors (Lipinski definition) is 2. The predicted molar refractivity (Wildman–Crippen MR) is 99.3 cm³/mol. The molecule has 2 aromatic heterocycles. The van der Waals surface area contributed by atoms with Crippen molar-refractivity contribution in [3.05, 3.63) is 64.8 Å². The van der Waals surface area contributed by atoms with Crippen molar-refractivity contribution in [3.63, 3.8) is 0 Å². The van der Waals surface area contributed by atoms with Gasteiger partial charge in [-0.15, -0.1) is 0 Å². The Labute approximate surface area is 146 Å². The van der Waals surface area contributed by atoms with Crippen LogP contribution < -0.4 is 4.57 Å². The fourth-order valence-electron chi connectivity index (χ4n) is 3.56. The van der Waals surface area contributed by atoms with Gasteiger partial charge in [-0.05, 0) is 49.6 Å². The summed E-state index contributed by atoms with van der Waals surface area (Å²) in [6.45, 7) is 6.17. The van der Waals surface area contributed by atoms with Crippen molar-refractivity contribution in [2.45, 2.75) is 20.8 Å². The van der Waals surface area contributed by atoms with Crippen LogP contribution in [0.3, 0.4) is 0 Å². The summed E-state index contributed by atoms with van der Waals surface area (Å²) in [5.74, 6) is 0. The molecule has 122 valence electrons. The molecule has 0 bridgehead atoms. The minimum absolute atomic E-state index is 0.670. The molecule has 0 saturated carbocycles. The monoisotopic (exact) mass is 327 g/mol. The number of hydrogen-bond donors (Lipinski definition) is 0. The second kappa shape index (κ2) is 5.46. The van der Waals surface area contributed by atoms with Crippen LogP contribution in [0.4, 0.5) is 0 Å². The molecule has 2 aromatic carbocycles. The summed E-state index contributed by atoms with van der Waals surface area (Å²) in [6, 6.07) is 14.6. The van der Waals surface area contributed by atoms with Gasteiger partial charge >= 0.3 is 0 Å². The Bertz CT molecular complexity index is 1190. The number of nitriles is 1. The van der Waals surface area contributed by atoms with Crippen molar-refractivity contribution < 1.29 is 8.98 Å². The van der Waals surface area contributed by atoms with Gasteiger partial charge in [-0.3, -0.25) is 0 Å². The topological polar surface area (TPSA) is 40.8 Å². The Morgan fingerprint density at radius 1 is 1.00 bits per heavy atom. The van der Waals surface area contributed by atoms with Gasteiger partial charge in [0, 0.05) is 22.9 Å². The lowest BCUT2D eigenvalue weighted by atomic mass is 9.97. The molecule has 0 radical (unpaired) electrons. The van der Waals surface area contributed by atoms with Crippen molar-refractivity contribution in [1.29, 1.82) is 5.26 Å². The average Bonchev–Trinajstić information content (AvgIpc) is 2.99. The van der Waals surface area contributed by atoms with Gasteiger partial charge in [0.2, 0.25) is 5.69 Å². The summed E-state index contributed by atoms with van der Waals surface area (Å²) in [5, 5.41) is 11.5. The molecular weight excluding hydrogens is 308 g/mol. The number of aryl methyl sites for hydroxylation is 4. The van der Waals surface area contributed by atoms with E-state index in [1.165, 1.54) is 0 Å². The van der Waals surface area contributed by atoms with E-state index >= 15 is 0 Å². The number of nitrogens with zero attached hydrogens (tertiary/aromatic N) is 2. The van der Waals surface area contributed by atoms with E-state index in [0.717, 1.165) is 49.9 Å². The lowest BCUT2D eigenvalue weighted by Gasteiger charge is -2.05. The normalized spacial score (nSPS) is 11.2. The summed E-state index contributed by atoms with van der Waals surface area (Å²) < 4.78 is 8.46. The summed E-state index contributed by atoms with van der Waals surface area (Å²) in [5.41, 5.74) is 7.83. The highest BCUT2D eigenvalue weighted by Gasteiger charge is 2.22. The van der Waals surface area contributed by atoms with E-state index < -0.39 is 0 Å². The van der Waals surface area contributed by atoms with Gasteiger partial charge in [0.1, 0.15) is 18.2 Å². The van der Waals surface area contributed by atoms with E-state index in [-0.39, 0.29) is 0 Å². The van der Waals surface area contributed by atoms with E-state index in [2.05, 4.69) is 42.7 Å². The number of benzene rings is 2. The molecule has 4 aromatic rings. The van der Waals surface area contributed by atoms with Crippen LogP contribution in [0.1, 0.15) is 22.3 Å². The van der Waals surface area contributed by atoms with Crippen LogP contribution in [0.2, 0.25) is 0 Å². The molecule has 4 rings (SSSR count). The fourth-order valence-corrected chi connectivity index (χ4v) is 3.56. The maximum Gasteiger partial charge on any atom is 0.216 e. The van der Waals surface area contributed by atoms with Gasteiger partial charge in [0.05, 0.1) is 17.2 Å². The van der Waals surface area contributed by atoms with Gasteiger partial charge in [0.25, 0.3) is 0 Å². The zero-order valence-electron chi connectivity index (χ0n) is 14.8. The van der Waals surface area contributed by atoms with Crippen molar-refractivity contribution in [1.82, 2.24) is 0 Å². The minimum Gasteiger partial charge on any atom is -0.455 e. The van der Waals surface area contributed by atoms with Crippen LogP contribution in [-0.4, -0.2) is 0 Å². The molecule has 0 aliphatic heterocycles. The number of furan rings is 1. The highest BCUT2D eigenvalue weighted by atomic mass is 16.3. The van der Waals surface area contributed by atoms with E-state index in [1.807, 2.05) is 38.4 Å². The lowest BCUT2D eigenvalue weighted by Crippen LogP contribution is -2.30. The van der Waals surface area contributed by atoms with Crippen LogP contribution in [0.25, 0.3) is 33.2 Å². The number of fused-ring (bicyclic) bond motifs is 3. The van der Waals surface area contributed by atoms with Gasteiger partial charge in [-0.2, -0.15) is 5.26 Å². The smallest absolute Gasteiger partial charge is 0.216 e. The van der Waals surface area contributed by atoms with E-state index in [4.69, 9.17) is 4.42 Å². The number of rotatable bonds is 1. The van der Waals surface area contributed by atoms with E-state index in [0.29, 0.717) is 5.56 Å². The first-order valence-electron chi connectivity index (χ1n) is 8.34. The van der Waals surface area contributed by atoms with Crippen molar-refractivity contribution >= 4 is 21.9 Å². The predicted octanol–water partition coefficient (Wildman–Crippen LogP) is 4.87. The number of pyridine rings is 1. The zero-order valence-corrected chi connectivity index (χ0v) is 14.8. The second-order valence-corrected chi connectivity index (χ2v) is 6.61. The van der Waals surface area contributed by atoms with Crippen molar-refractivity contribution in [2.24, 2.45) is 7.05 Å². The van der Waals surface area contributed by atoms with Gasteiger partial charge in [-0.25, -0.2) is 4.57 Å². The minimum atomic E-state index is 0.670. The molecule has 0 saturated heterocycles. The molecular formula is C22H19N2O+. The summed E-state index contributed by atoms with van der Waals surface area (Å²) in [7, 11) is 2.03. The Morgan fingerprint density at radius 2 is 1.80 bits per heavy atom. The van der Waals surface area contributed by atoms with Crippen LogP contribution >= 0.6 is 0 Å². The molecule has 0 N–H and O–H groups in total. The quantitative estimate of drug-likeness (QED) is 0.468. The second-order valence-electron chi connectivity index (χ2n) is 6.61. The van der Waals surface area contributed by atoms with Crippen molar-refractivity contribution in [3.8, 4) is 17.3 Å². The summed E-state index contributed by atoms with van der Waals surface area (Å²) >= 11 is 0. The summed E-state index contributed by atoms with van der Waals surface area (Å²) in [4.78, 5) is 0. The third-order valence-electron chi connectivity index (χ3n) is 5.06. The van der Waals surface area contributed by atoms with Gasteiger partial charge in [0.15, 0.2) is 6.20 Å². The standard InChI is InChI=1S/C22H19N2O/c1-13-8-9-17-20-16(12-23)11-14(2)15(3)21(20)25-22(17)19(13)18-7-5-6-10-24(18)4/h5-11H,1-4H3/q+1. The van der Waals surface area contributed by atoms with Crippen LogP contribution in [0, 0.1) is 32.1 Å². The van der Waals surface area contributed by atoms with Gasteiger partial charge in [-0.1, -0.05) is 12.1 Å². The zero-order chi connectivity index (χ0) is 17.7. The molecule has 25 heavy (non-hydrogen) atoms. The van der Waals surface area contributed by atoms with Crippen LogP contribution in [-0.2, 0) is 7.05 Å². The molecule has 0 aliphatic carbocycles. The highest BCUT2D eigenvalue weighted by molar-refractivity contribution is 6.12. The molecule has 0 unspecified atom stereocenters. The summed E-state index contributed by atoms with van der Waals surface area (Å²) in [6.07, 6.45) is 2.03. The van der Waals surface area contributed by atoms with Crippen molar-refractivity contribution in [2.75, 3.05) is 0 Å². The van der Waals surface area contributed by atoms with Crippen LogP contribution in [0.5, 0.6) is 0 Å². The van der Waals surface area contributed by atoms with Crippen LogP contribution in [0.15, 0.2) is 47.0 Å². The number of aromatic nitrogens is 1. The maximum absolute atomic E-state index is 9.62. The SMILES string of the molecule is Cc1ccc2c(oc3c(C)c(C)cc(C#N)c32)c1-c1cccc[n+]1C. The van der Waals surface area contributed by atoms with E-state index in [9.17, 15) is 5.26 Å². The fraction of sp³-hybridized carbons (Fsp3) is 0.182.